The number of aryl methyl sites for hydroxylation is 3. The lowest BCUT2D eigenvalue weighted by Gasteiger charge is -2.28. The van der Waals surface area contributed by atoms with E-state index in [1.165, 1.54) is 37.3 Å². The molecule has 8 nitrogen and oxygen atoms in total. The summed E-state index contributed by atoms with van der Waals surface area (Å²) in [5.41, 5.74) is 3.51. The Balaban J connectivity index is 1.80. The Morgan fingerprint density at radius 2 is 1.47 bits per heavy atom. The molecule has 0 fully saturated rings. The first-order chi connectivity index (χ1) is 16.7. The number of sulfonamides is 2. The van der Waals surface area contributed by atoms with E-state index in [1.54, 1.807) is 31.2 Å². The zero-order chi connectivity index (χ0) is 26.8. The van der Waals surface area contributed by atoms with Gasteiger partial charge in [0.2, 0.25) is 15.9 Å². The number of amides is 1. The third-order valence-electron chi connectivity index (χ3n) is 5.43. The van der Waals surface area contributed by atoms with E-state index in [1.807, 2.05) is 19.9 Å². The number of anilines is 3. The lowest BCUT2D eigenvalue weighted by atomic mass is 10.1. The second-order valence-corrected chi connectivity index (χ2v) is 12.6. The van der Waals surface area contributed by atoms with Gasteiger partial charge in [0.25, 0.3) is 10.0 Å². The molecule has 3 aromatic rings. The molecule has 0 spiro atoms. The number of hydrogen-bond acceptors (Lipinski definition) is 5. The fourth-order valence-electron chi connectivity index (χ4n) is 3.76. The number of nitrogens with one attached hydrogen (secondary N) is 2. The standard InChI is InChI=1S/C25H28ClN3O5S2/c1-16-12-17(2)14-22(13-16)29(35(5,31)32)19(4)25(30)27-21-8-10-23(11-9-21)36(33,34)28-24-15-20(26)7-6-18(24)3/h6-15,19,28H,1-5H3,(H,27,30)/t19-/m0/s1. The summed E-state index contributed by atoms with van der Waals surface area (Å²) in [4.78, 5) is 13.0. The molecule has 0 bridgehead atoms. The molecule has 2 N–H and O–H groups in total. The molecule has 3 rings (SSSR count). The molecule has 36 heavy (non-hydrogen) atoms. The van der Waals surface area contributed by atoms with Crippen molar-refractivity contribution in [1.82, 2.24) is 0 Å². The van der Waals surface area contributed by atoms with E-state index in [2.05, 4.69) is 10.0 Å². The number of carbonyl (C=O) groups is 1. The highest BCUT2D eigenvalue weighted by Gasteiger charge is 2.29. The third-order valence-corrected chi connectivity index (χ3v) is 8.28. The zero-order valence-corrected chi connectivity index (χ0v) is 22.9. The van der Waals surface area contributed by atoms with Crippen molar-refractivity contribution in [3.8, 4) is 0 Å². The van der Waals surface area contributed by atoms with E-state index in [0.29, 0.717) is 27.6 Å². The number of benzene rings is 3. The Bertz CT molecular complexity index is 1480. The van der Waals surface area contributed by atoms with Gasteiger partial charge in [0, 0.05) is 10.7 Å². The van der Waals surface area contributed by atoms with E-state index >= 15 is 0 Å². The lowest BCUT2D eigenvalue weighted by Crippen LogP contribution is -2.45. The summed E-state index contributed by atoms with van der Waals surface area (Å²) >= 11 is 5.98. The Kier molecular flexibility index (Phi) is 8.02. The quantitative estimate of drug-likeness (QED) is 0.416. The molecular weight excluding hydrogens is 522 g/mol. The van der Waals surface area contributed by atoms with E-state index < -0.39 is 32.0 Å². The largest absolute Gasteiger partial charge is 0.324 e. The van der Waals surface area contributed by atoms with E-state index in [0.717, 1.165) is 21.7 Å². The van der Waals surface area contributed by atoms with Crippen LogP contribution < -0.4 is 14.3 Å². The van der Waals surface area contributed by atoms with Crippen LogP contribution in [-0.2, 0) is 24.8 Å². The summed E-state index contributed by atoms with van der Waals surface area (Å²) in [5.74, 6) is -0.567. The molecule has 0 unspecified atom stereocenters. The monoisotopic (exact) mass is 549 g/mol. The van der Waals surface area contributed by atoms with Gasteiger partial charge in [0.05, 0.1) is 22.5 Å². The van der Waals surface area contributed by atoms with E-state index in [4.69, 9.17) is 11.6 Å². The van der Waals surface area contributed by atoms with Gasteiger partial charge in [-0.3, -0.25) is 13.8 Å². The van der Waals surface area contributed by atoms with Gasteiger partial charge >= 0.3 is 0 Å². The molecule has 0 saturated heterocycles. The fraction of sp³-hybridized carbons (Fsp3) is 0.240. The molecule has 1 atom stereocenters. The Hall–Kier alpha value is -3.08. The van der Waals surface area contributed by atoms with Crippen LogP contribution in [0.25, 0.3) is 0 Å². The molecule has 3 aromatic carbocycles. The third kappa shape index (κ3) is 6.57. The van der Waals surface area contributed by atoms with Crippen LogP contribution in [0.2, 0.25) is 5.02 Å². The van der Waals surface area contributed by atoms with Gasteiger partial charge in [-0.15, -0.1) is 0 Å². The minimum absolute atomic E-state index is 0.0130. The highest BCUT2D eigenvalue weighted by Crippen LogP contribution is 2.26. The molecule has 192 valence electrons. The van der Waals surface area contributed by atoms with Crippen molar-refractivity contribution >= 4 is 54.6 Å². The van der Waals surface area contributed by atoms with Crippen molar-refractivity contribution in [2.24, 2.45) is 0 Å². The average Bonchev–Trinajstić information content (AvgIpc) is 2.75. The molecule has 0 saturated carbocycles. The molecule has 0 aliphatic carbocycles. The van der Waals surface area contributed by atoms with Gasteiger partial charge in [0.1, 0.15) is 6.04 Å². The molecule has 0 aliphatic rings. The summed E-state index contributed by atoms with van der Waals surface area (Å²) < 4.78 is 54.3. The van der Waals surface area contributed by atoms with Crippen molar-refractivity contribution in [3.63, 3.8) is 0 Å². The maximum Gasteiger partial charge on any atom is 0.261 e. The van der Waals surface area contributed by atoms with Gasteiger partial charge in [-0.1, -0.05) is 23.7 Å². The normalized spacial score (nSPS) is 12.6. The Morgan fingerprint density at radius 3 is 2.03 bits per heavy atom. The summed E-state index contributed by atoms with van der Waals surface area (Å²) in [6.45, 7) is 6.94. The van der Waals surface area contributed by atoms with E-state index in [9.17, 15) is 21.6 Å². The first kappa shape index (κ1) is 27.5. The summed E-state index contributed by atoms with van der Waals surface area (Å²) in [5, 5.41) is 3.06. The number of nitrogens with zero attached hydrogens (tertiary/aromatic N) is 1. The van der Waals surface area contributed by atoms with Gasteiger partial charge in [-0.2, -0.15) is 0 Å². The van der Waals surface area contributed by atoms with Crippen LogP contribution in [0.4, 0.5) is 17.1 Å². The first-order valence-electron chi connectivity index (χ1n) is 10.9. The molecule has 11 heteroatoms. The second kappa shape index (κ2) is 10.5. The minimum Gasteiger partial charge on any atom is -0.324 e. The zero-order valence-electron chi connectivity index (χ0n) is 20.5. The summed E-state index contributed by atoms with van der Waals surface area (Å²) in [6.07, 6.45) is 1.04. The number of carbonyl (C=O) groups excluding carboxylic acids is 1. The lowest BCUT2D eigenvalue weighted by molar-refractivity contribution is -0.116. The number of rotatable bonds is 8. The van der Waals surface area contributed by atoms with Crippen LogP contribution >= 0.6 is 11.6 Å². The molecule has 0 aliphatic heterocycles. The SMILES string of the molecule is Cc1cc(C)cc(N([C@@H](C)C(=O)Nc2ccc(S(=O)(=O)Nc3cc(Cl)ccc3C)cc2)S(C)(=O)=O)c1. The smallest absolute Gasteiger partial charge is 0.261 e. The van der Waals surface area contributed by atoms with Crippen molar-refractivity contribution in [2.75, 3.05) is 20.6 Å². The van der Waals surface area contributed by atoms with Gasteiger partial charge in [-0.25, -0.2) is 16.8 Å². The molecule has 0 radical (unpaired) electrons. The van der Waals surface area contributed by atoms with Crippen molar-refractivity contribution in [2.45, 2.75) is 38.6 Å². The van der Waals surface area contributed by atoms with Crippen LogP contribution in [0.3, 0.4) is 0 Å². The fourth-order valence-corrected chi connectivity index (χ4v) is 6.21. The maximum absolute atomic E-state index is 13.0. The second-order valence-electron chi connectivity index (χ2n) is 8.66. The highest BCUT2D eigenvalue weighted by atomic mass is 35.5. The molecular formula is C25H28ClN3O5S2. The van der Waals surface area contributed by atoms with Crippen molar-refractivity contribution in [3.05, 3.63) is 82.4 Å². The van der Waals surface area contributed by atoms with Gasteiger partial charge in [0.15, 0.2) is 0 Å². The van der Waals surface area contributed by atoms with Gasteiger partial charge < -0.3 is 5.32 Å². The van der Waals surface area contributed by atoms with Crippen molar-refractivity contribution < 1.29 is 21.6 Å². The maximum atomic E-state index is 13.0. The average molecular weight is 550 g/mol. The minimum atomic E-state index is -3.90. The molecule has 1 amide bonds. The predicted molar refractivity (Wildman–Crippen MR) is 145 cm³/mol. The highest BCUT2D eigenvalue weighted by molar-refractivity contribution is 7.92. The number of hydrogen-bond donors (Lipinski definition) is 2. The summed E-state index contributed by atoms with van der Waals surface area (Å²) in [7, 11) is -7.68. The van der Waals surface area contributed by atoms with Crippen LogP contribution in [-0.4, -0.2) is 35.0 Å². The topological polar surface area (TPSA) is 113 Å². The predicted octanol–water partition coefficient (Wildman–Crippen LogP) is 4.86. The van der Waals surface area contributed by atoms with E-state index in [-0.39, 0.29) is 4.90 Å². The Morgan fingerprint density at radius 1 is 0.889 bits per heavy atom. The van der Waals surface area contributed by atoms with Crippen LogP contribution in [0, 0.1) is 20.8 Å². The number of halogens is 1. The van der Waals surface area contributed by atoms with Gasteiger partial charge in [-0.05, 0) is 92.9 Å². The first-order valence-corrected chi connectivity index (χ1v) is 14.7. The van der Waals surface area contributed by atoms with Crippen molar-refractivity contribution in [1.29, 1.82) is 0 Å². The van der Waals surface area contributed by atoms with Crippen LogP contribution in [0.15, 0.2) is 65.6 Å². The summed E-state index contributed by atoms with van der Waals surface area (Å²) in [6, 6.07) is 14.7. The Labute approximate surface area is 217 Å². The molecule has 0 aromatic heterocycles. The molecule has 0 heterocycles. The van der Waals surface area contributed by atoms with Crippen LogP contribution in [0.5, 0.6) is 0 Å². The van der Waals surface area contributed by atoms with Crippen LogP contribution in [0.1, 0.15) is 23.6 Å².